The van der Waals surface area contributed by atoms with E-state index in [1.54, 1.807) is 0 Å². The first kappa shape index (κ1) is 17.0. The zero-order valence-electron chi connectivity index (χ0n) is 13.0. The van der Waals surface area contributed by atoms with Gasteiger partial charge in [0, 0.05) is 24.2 Å². The molecule has 5 nitrogen and oxygen atoms in total. The second-order valence-corrected chi connectivity index (χ2v) is 7.54. The minimum absolute atomic E-state index is 0.0998. The molecule has 0 bridgehead atoms. The maximum absolute atomic E-state index is 11.3. The minimum Gasteiger partial charge on any atom is -0.316 e. The van der Waals surface area contributed by atoms with Crippen molar-refractivity contribution in [2.45, 2.75) is 45.8 Å². The fourth-order valence-electron chi connectivity index (χ4n) is 2.40. The number of aryl methyl sites for hydroxylation is 2. The Bertz CT molecular complexity index is 533. The van der Waals surface area contributed by atoms with Gasteiger partial charge in [-0.2, -0.15) is 0 Å². The van der Waals surface area contributed by atoms with Crippen LogP contribution in [0.25, 0.3) is 0 Å². The smallest absolute Gasteiger partial charge is 0.154 e. The lowest BCUT2D eigenvalue weighted by Gasteiger charge is -2.17. The Morgan fingerprint density at radius 3 is 2.20 bits per heavy atom. The molecule has 0 saturated heterocycles. The van der Waals surface area contributed by atoms with Gasteiger partial charge in [-0.05, 0) is 38.3 Å². The molecule has 1 aromatic rings. The third-order valence-electron chi connectivity index (χ3n) is 3.13. The molecule has 20 heavy (non-hydrogen) atoms. The predicted octanol–water partition coefficient (Wildman–Crippen LogP) is 1.74. The number of aromatic nitrogens is 2. The second-order valence-electron chi connectivity index (χ2n) is 5.40. The van der Waals surface area contributed by atoms with Crippen molar-refractivity contribution >= 4 is 9.84 Å². The van der Waals surface area contributed by atoms with E-state index in [1.165, 1.54) is 6.26 Å². The molecule has 0 fully saturated rings. The van der Waals surface area contributed by atoms with Gasteiger partial charge < -0.3 is 5.32 Å². The maximum Gasteiger partial charge on any atom is 0.154 e. The lowest BCUT2D eigenvalue weighted by Crippen LogP contribution is -2.22. The van der Waals surface area contributed by atoms with E-state index >= 15 is 0 Å². The first-order valence-electron chi connectivity index (χ1n) is 6.97. The molecule has 1 heterocycles. The van der Waals surface area contributed by atoms with Crippen LogP contribution in [0.4, 0.5) is 0 Å². The molecular formula is C14H25N3O2S. The van der Waals surface area contributed by atoms with Gasteiger partial charge in [0.1, 0.15) is 11.6 Å². The fraction of sp³-hybridized carbons (Fsp3) is 0.714. The van der Waals surface area contributed by atoms with Gasteiger partial charge in [-0.25, -0.2) is 18.4 Å². The van der Waals surface area contributed by atoms with E-state index in [-0.39, 0.29) is 5.75 Å². The summed E-state index contributed by atoms with van der Waals surface area (Å²) in [4.78, 5) is 8.70. The van der Waals surface area contributed by atoms with E-state index in [2.05, 4.69) is 29.1 Å². The maximum atomic E-state index is 11.3. The molecular weight excluding hydrogens is 274 g/mol. The predicted molar refractivity (Wildman–Crippen MR) is 81.6 cm³/mol. The molecule has 114 valence electrons. The quantitative estimate of drug-likeness (QED) is 0.777. The normalized spacial score (nSPS) is 13.4. The van der Waals surface area contributed by atoms with Crippen molar-refractivity contribution in [1.82, 2.24) is 15.3 Å². The van der Waals surface area contributed by atoms with Crippen LogP contribution in [-0.4, -0.2) is 37.7 Å². The summed E-state index contributed by atoms with van der Waals surface area (Å²) in [5.74, 6) is 0.603. The summed E-state index contributed by atoms with van der Waals surface area (Å²) in [7, 11) is -3.10. The summed E-state index contributed by atoms with van der Waals surface area (Å²) >= 11 is 0. The molecule has 0 radical (unpaired) electrons. The molecule has 0 aliphatic heterocycles. The summed E-state index contributed by atoms with van der Waals surface area (Å²) in [6.07, 6.45) is 2.31. The van der Waals surface area contributed by atoms with E-state index in [1.807, 2.05) is 13.8 Å². The Morgan fingerprint density at radius 1 is 1.20 bits per heavy atom. The van der Waals surface area contributed by atoms with E-state index in [0.29, 0.717) is 11.7 Å². The van der Waals surface area contributed by atoms with Crippen LogP contribution in [0.5, 0.6) is 0 Å². The van der Waals surface area contributed by atoms with Crippen molar-refractivity contribution in [3.05, 3.63) is 22.8 Å². The number of hydrogen-bond acceptors (Lipinski definition) is 5. The van der Waals surface area contributed by atoms with Crippen LogP contribution in [0.15, 0.2) is 0 Å². The van der Waals surface area contributed by atoms with Gasteiger partial charge >= 0.3 is 0 Å². The van der Waals surface area contributed by atoms with Gasteiger partial charge in [0.25, 0.3) is 0 Å². The first-order chi connectivity index (χ1) is 9.24. The van der Waals surface area contributed by atoms with E-state index in [4.69, 9.17) is 0 Å². The molecule has 0 spiro atoms. The van der Waals surface area contributed by atoms with Gasteiger partial charge in [-0.15, -0.1) is 0 Å². The fourth-order valence-corrected chi connectivity index (χ4v) is 3.00. The monoisotopic (exact) mass is 299 g/mol. The Balaban J connectivity index is 2.94. The van der Waals surface area contributed by atoms with Crippen molar-refractivity contribution in [2.75, 3.05) is 19.3 Å². The van der Waals surface area contributed by atoms with Crippen molar-refractivity contribution in [3.63, 3.8) is 0 Å². The van der Waals surface area contributed by atoms with Crippen LogP contribution < -0.4 is 5.32 Å². The van der Waals surface area contributed by atoms with E-state index in [0.717, 1.165) is 36.5 Å². The van der Waals surface area contributed by atoms with Crippen molar-refractivity contribution < 1.29 is 8.42 Å². The number of rotatable bonds is 7. The topological polar surface area (TPSA) is 72.0 Å². The lowest BCUT2D eigenvalue weighted by atomic mass is 9.98. The van der Waals surface area contributed by atoms with Crippen LogP contribution in [0, 0.1) is 13.8 Å². The van der Waals surface area contributed by atoms with Crippen LogP contribution in [0.2, 0.25) is 0 Å². The van der Waals surface area contributed by atoms with Crippen molar-refractivity contribution in [3.8, 4) is 0 Å². The van der Waals surface area contributed by atoms with Gasteiger partial charge in [-0.3, -0.25) is 0 Å². The van der Waals surface area contributed by atoms with Gasteiger partial charge in [0.2, 0.25) is 0 Å². The Hall–Kier alpha value is -1.01. The number of sulfone groups is 1. The van der Waals surface area contributed by atoms with Gasteiger partial charge in [0.15, 0.2) is 9.84 Å². The zero-order chi connectivity index (χ0) is 15.3. The van der Waals surface area contributed by atoms with Gasteiger partial charge in [0.05, 0.1) is 0 Å². The molecule has 1 unspecified atom stereocenters. The minimum atomic E-state index is -3.10. The highest BCUT2D eigenvalue weighted by atomic mass is 32.2. The molecule has 0 aliphatic carbocycles. The summed E-state index contributed by atoms with van der Waals surface area (Å²) in [6, 6.07) is 0. The number of nitrogens with one attached hydrogen (secondary N) is 1. The SMILES string of the molecule is CCCNCC(C)c1c(C)nc(CS(C)(=O)=O)nc1C. The van der Waals surface area contributed by atoms with Crippen LogP contribution in [-0.2, 0) is 15.6 Å². The molecule has 1 N–H and O–H groups in total. The molecule has 1 rings (SSSR count). The molecule has 0 aromatic carbocycles. The number of hydrogen-bond donors (Lipinski definition) is 1. The molecule has 6 heteroatoms. The summed E-state index contributed by atoms with van der Waals surface area (Å²) in [6.45, 7) is 9.99. The summed E-state index contributed by atoms with van der Waals surface area (Å²) in [5, 5.41) is 3.39. The van der Waals surface area contributed by atoms with Crippen LogP contribution >= 0.6 is 0 Å². The Labute approximate surface area is 122 Å². The van der Waals surface area contributed by atoms with Gasteiger partial charge in [-0.1, -0.05) is 13.8 Å². The van der Waals surface area contributed by atoms with E-state index < -0.39 is 9.84 Å². The summed E-state index contributed by atoms with van der Waals surface area (Å²) in [5.41, 5.74) is 2.87. The average Bonchev–Trinajstić information content (AvgIpc) is 2.25. The largest absolute Gasteiger partial charge is 0.316 e. The Morgan fingerprint density at radius 2 is 1.75 bits per heavy atom. The lowest BCUT2D eigenvalue weighted by molar-refractivity contribution is 0.595. The number of nitrogens with zero attached hydrogens (tertiary/aromatic N) is 2. The highest BCUT2D eigenvalue weighted by Crippen LogP contribution is 2.21. The van der Waals surface area contributed by atoms with Crippen molar-refractivity contribution in [1.29, 1.82) is 0 Å². The second kappa shape index (κ2) is 7.13. The highest BCUT2D eigenvalue weighted by molar-refractivity contribution is 7.89. The highest BCUT2D eigenvalue weighted by Gasteiger charge is 2.16. The van der Waals surface area contributed by atoms with Crippen LogP contribution in [0.3, 0.4) is 0 Å². The third kappa shape index (κ3) is 5.17. The van der Waals surface area contributed by atoms with Crippen molar-refractivity contribution in [2.24, 2.45) is 0 Å². The average molecular weight is 299 g/mol. The van der Waals surface area contributed by atoms with E-state index in [9.17, 15) is 8.42 Å². The molecule has 1 aromatic heterocycles. The van der Waals surface area contributed by atoms with Crippen LogP contribution in [0.1, 0.15) is 49.0 Å². The molecule has 0 amide bonds. The first-order valence-corrected chi connectivity index (χ1v) is 9.03. The Kier molecular flexibility index (Phi) is 6.07. The third-order valence-corrected chi connectivity index (χ3v) is 3.92. The zero-order valence-corrected chi connectivity index (χ0v) is 13.8. The standard InChI is InChI=1S/C14H25N3O2S/c1-6-7-15-8-10(2)14-11(3)16-13(17-12(14)4)9-20(5,18)19/h10,15H,6-9H2,1-5H3. The molecule has 0 saturated carbocycles. The summed E-state index contributed by atoms with van der Waals surface area (Å²) < 4.78 is 22.7. The molecule has 0 aliphatic rings. The molecule has 1 atom stereocenters.